The predicted octanol–water partition coefficient (Wildman–Crippen LogP) is 5.21. The number of hydrogen-bond donors (Lipinski definition) is 0. The molecular weight excluding hydrogens is 402 g/mol. The van der Waals surface area contributed by atoms with Crippen molar-refractivity contribution in [2.75, 3.05) is 0 Å². The Kier molecular flexibility index (Phi) is 5.46. The number of aryl methyl sites for hydroxylation is 1. The van der Waals surface area contributed by atoms with Crippen molar-refractivity contribution in [3.63, 3.8) is 0 Å². The largest absolute Gasteiger partial charge is 0.423 e. The third kappa shape index (κ3) is 4.47. The average Bonchev–Trinajstić information content (AvgIpc) is 3.10. The number of ether oxygens (including phenoxy) is 2. The molecule has 0 atom stereocenters. The lowest BCUT2D eigenvalue weighted by atomic mass is 10.1. The second kappa shape index (κ2) is 8.35. The average molecular weight is 418 g/mol. The number of carbonyl (C=O) groups is 2. The van der Waals surface area contributed by atoms with E-state index < -0.39 is 11.9 Å². The maximum atomic E-state index is 12.2. The van der Waals surface area contributed by atoms with E-state index in [0.29, 0.717) is 16.3 Å². The summed E-state index contributed by atoms with van der Waals surface area (Å²) in [4.78, 5) is 28.6. The molecule has 0 radical (unpaired) electrons. The Bertz CT molecular complexity index is 1180. The first-order valence-corrected chi connectivity index (χ1v) is 9.53. The molecule has 1 aliphatic heterocycles. The standard InChI is InChI=1S/C24H16ClNO4/c1-15-5-9-17(10-6-15)22-26-21(24(28)30-22)13-16-7-11-20(12-8-16)29-23(27)18-3-2-4-19(25)14-18/h2-14H,1H3/b21-13+. The van der Waals surface area contributed by atoms with E-state index in [1.54, 1.807) is 48.5 Å². The molecule has 0 saturated heterocycles. The predicted molar refractivity (Wildman–Crippen MR) is 115 cm³/mol. The van der Waals surface area contributed by atoms with Crippen LogP contribution in [-0.4, -0.2) is 17.8 Å². The van der Waals surface area contributed by atoms with Crippen LogP contribution in [0.15, 0.2) is 83.5 Å². The molecule has 30 heavy (non-hydrogen) atoms. The van der Waals surface area contributed by atoms with Gasteiger partial charge in [0.05, 0.1) is 5.56 Å². The van der Waals surface area contributed by atoms with Gasteiger partial charge in [-0.3, -0.25) is 0 Å². The van der Waals surface area contributed by atoms with Gasteiger partial charge in [-0.05, 0) is 61.0 Å². The van der Waals surface area contributed by atoms with Crippen molar-refractivity contribution in [1.29, 1.82) is 0 Å². The van der Waals surface area contributed by atoms with Gasteiger partial charge in [-0.15, -0.1) is 0 Å². The van der Waals surface area contributed by atoms with Crippen LogP contribution in [0.3, 0.4) is 0 Å². The summed E-state index contributed by atoms with van der Waals surface area (Å²) in [6, 6.07) is 20.8. The second-order valence-electron chi connectivity index (χ2n) is 6.67. The molecule has 148 valence electrons. The number of carbonyl (C=O) groups excluding carboxylic acids is 2. The van der Waals surface area contributed by atoms with E-state index in [4.69, 9.17) is 21.1 Å². The second-order valence-corrected chi connectivity index (χ2v) is 7.11. The summed E-state index contributed by atoms with van der Waals surface area (Å²) in [6.07, 6.45) is 1.62. The SMILES string of the molecule is Cc1ccc(C2=N/C(=C/c3ccc(OC(=O)c4cccc(Cl)c4)cc3)C(=O)O2)cc1. The van der Waals surface area contributed by atoms with Crippen LogP contribution in [0.5, 0.6) is 5.75 Å². The molecular formula is C24H16ClNO4. The minimum atomic E-state index is -0.512. The van der Waals surface area contributed by atoms with Crippen LogP contribution >= 0.6 is 11.6 Å². The summed E-state index contributed by atoms with van der Waals surface area (Å²) in [6.45, 7) is 1.98. The van der Waals surface area contributed by atoms with Gasteiger partial charge in [0.2, 0.25) is 5.90 Å². The van der Waals surface area contributed by atoms with Crippen molar-refractivity contribution in [3.05, 3.63) is 106 Å². The normalized spacial score (nSPS) is 14.4. The minimum Gasteiger partial charge on any atom is -0.423 e. The molecule has 6 heteroatoms. The van der Waals surface area contributed by atoms with Crippen molar-refractivity contribution in [1.82, 2.24) is 0 Å². The summed E-state index contributed by atoms with van der Waals surface area (Å²) in [5.74, 6) is -0.365. The fraction of sp³-hybridized carbons (Fsp3) is 0.0417. The molecule has 0 saturated carbocycles. The molecule has 0 N–H and O–H groups in total. The summed E-state index contributed by atoms with van der Waals surface area (Å²) in [5, 5.41) is 0.459. The van der Waals surface area contributed by atoms with Crippen molar-refractivity contribution >= 4 is 35.5 Å². The number of cyclic esters (lactones) is 1. The molecule has 3 aromatic carbocycles. The molecule has 0 aliphatic carbocycles. The third-order valence-corrected chi connectivity index (χ3v) is 4.61. The number of hydrogen-bond acceptors (Lipinski definition) is 5. The topological polar surface area (TPSA) is 65.0 Å². The quantitative estimate of drug-likeness (QED) is 0.332. The molecule has 0 unspecified atom stereocenters. The number of rotatable bonds is 4. The molecule has 0 amide bonds. The summed E-state index contributed by atoms with van der Waals surface area (Å²) in [5.41, 5.74) is 3.13. The van der Waals surface area contributed by atoms with Gasteiger partial charge in [-0.1, -0.05) is 47.5 Å². The molecule has 0 bridgehead atoms. The van der Waals surface area contributed by atoms with E-state index in [9.17, 15) is 9.59 Å². The van der Waals surface area contributed by atoms with Gasteiger partial charge in [-0.25, -0.2) is 14.6 Å². The monoisotopic (exact) mass is 417 g/mol. The Morgan fingerprint density at radius 1 is 1.03 bits per heavy atom. The van der Waals surface area contributed by atoms with E-state index in [1.807, 2.05) is 31.2 Å². The Balaban J connectivity index is 1.48. The maximum absolute atomic E-state index is 12.2. The van der Waals surface area contributed by atoms with Gasteiger partial charge in [-0.2, -0.15) is 0 Å². The first-order chi connectivity index (χ1) is 14.5. The van der Waals surface area contributed by atoms with Crippen LogP contribution in [0.1, 0.15) is 27.0 Å². The smallest absolute Gasteiger partial charge is 0.363 e. The van der Waals surface area contributed by atoms with Crippen molar-refractivity contribution in [2.45, 2.75) is 6.92 Å². The molecule has 3 aromatic rings. The van der Waals surface area contributed by atoms with Gasteiger partial charge in [0.15, 0.2) is 5.70 Å². The Hall–Kier alpha value is -3.70. The fourth-order valence-corrected chi connectivity index (χ4v) is 2.99. The number of benzene rings is 3. The van der Waals surface area contributed by atoms with Crippen LogP contribution in [0.2, 0.25) is 5.02 Å². The van der Waals surface area contributed by atoms with Gasteiger partial charge in [0, 0.05) is 10.6 Å². The lowest BCUT2D eigenvalue weighted by Gasteiger charge is -2.05. The molecule has 0 aromatic heterocycles. The molecule has 0 spiro atoms. The Morgan fingerprint density at radius 2 is 1.77 bits per heavy atom. The van der Waals surface area contributed by atoms with Crippen LogP contribution in [0, 0.1) is 6.92 Å². The van der Waals surface area contributed by atoms with Gasteiger partial charge < -0.3 is 9.47 Å². The first-order valence-electron chi connectivity index (χ1n) is 9.15. The molecule has 1 aliphatic rings. The minimum absolute atomic E-state index is 0.203. The molecule has 0 fully saturated rings. The highest BCUT2D eigenvalue weighted by molar-refractivity contribution is 6.30. The maximum Gasteiger partial charge on any atom is 0.363 e. The zero-order chi connectivity index (χ0) is 21.1. The molecule has 4 rings (SSSR count). The number of nitrogens with zero attached hydrogens (tertiary/aromatic N) is 1. The lowest BCUT2D eigenvalue weighted by molar-refractivity contribution is -0.129. The Morgan fingerprint density at radius 3 is 2.47 bits per heavy atom. The number of aliphatic imine (C=N–C) groups is 1. The summed E-state index contributed by atoms with van der Waals surface area (Å²) in [7, 11) is 0. The third-order valence-electron chi connectivity index (χ3n) is 4.37. The lowest BCUT2D eigenvalue weighted by Crippen LogP contribution is -2.08. The van der Waals surface area contributed by atoms with E-state index in [2.05, 4.69) is 4.99 Å². The van der Waals surface area contributed by atoms with Crippen molar-refractivity contribution in [2.24, 2.45) is 4.99 Å². The number of halogens is 1. The molecule has 5 nitrogen and oxygen atoms in total. The van der Waals surface area contributed by atoms with E-state index >= 15 is 0 Å². The van der Waals surface area contributed by atoms with Crippen LogP contribution < -0.4 is 4.74 Å². The highest BCUT2D eigenvalue weighted by Crippen LogP contribution is 2.21. The van der Waals surface area contributed by atoms with Crippen molar-refractivity contribution < 1.29 is 19.1 Å². The first kappa shape index (κ1) is 19.6. The van der Waals surface area contributed by atoms with E-state index in [1.165, 1.54) is 6.07 Å². The molecule has 1 heterocycles. The van der Waals surface area contributed by atoms with Crippen molar-refractivity contribution in [3.8, 4) is 5.75 Å². The fourth-order valence-electron chi connectivity index (χ4n) is 2.80. The summed E-state index contributed by atoms with van der Waals surface area (Å²) >= 11 is 5.90. The number of esters is 2. The highest BCUT2D eigenvalue weighted by Gasteiger charge is 2.24. The van der Waals surface area contributed by atoms with Crippen LogP contribution in [0.4, 0.5) is 0 Å². The van der Waals surface area contributed by atoms with Gasteiger partial charge >= 0.3 is 11.9 Å². The van der Waals surface area contributed by atoms with Gasteiger partial charge in [0.25, 0.3) is 0 Å². The van der Waals surface area contributed by atoms with Crippen LogP contribution in [-0.2, 0) is 9.53 Å². The highest BCUT2D eigenvalue weighted by atomic mass is 35.5. The van der Waals surface area contributed by atoms with E-state index in [-0.39, 0.29) is 11.6 Å². The van der Waals surface area contributed by atoms with Crippen LogP contribution in [0.25, 0.3) is 6.08 Å². The van der Waals surface area contributed by atoms with E-state index in [0.717, 1.165) is 16.7 Å². The van der Waals surface area contributed by atoms with Gasteiger partial charge in [0.1, 0.15) is 5.75 Å². The zero-order valence-electron chi connectivity index (χ0n) is 16.0. The Labute approximate surface area is 178 Å². The summed E-state index contributed by atoms with van der Waals surface area (Å²) < 4.78 is 10.6. The zero-order valence-corrected chi connectivity index (χ0v) is 16.7.